The maximum atomic E-state index is 5.52. The molecular weight excluding hydrogens is 166 g/mol. The highest BCUT2D eigenvalue weighted by Gasteiger charge is 2.21. The van der Waals surface area contributed by atoms with E-state index in [-0.39, 0.29) is 6.29 Å². The molecule has 0 saturated carbocycles. The third-order valence-electron chi connectivity index (χ3n) is 2.55. The largest absolute Gasteiger partial charge is 0.388 e. The lowest BCUT2D eigenvalue weighted by atomic mass is 10.0. The molecule has 1 N–H and O–H groups in total. The van der Waals surface area contributed by atoms with Crippen LogP contribution >= 0.6 is 0 Å². The van der Waals surface area contributed by atoms with Crippen LogP contribution in [0.4, 0.5) is 0 Å². The van der Waals surface area contributed by atoms with E-state index in [1.54, 1.807) is 0 Å². The molecule has 74 valence electrons. The summed E-state index contributed by atoms with van der Waals surface area (Å²) in [5, 5.41) is 3.31. The minimum absolute atomic E-state index is 0.0752. The summed E-state index contributed by atoms with van der Waals surface area (Å²) in [5.74, 6) is 0. The van der Waals surface area contributed by atoms with Gasteiger partial charge < -0.3 is 14.8 Å². The molecule has 1 saturated heterocycles. The molecule has 2 heterocycles. The molecule has 0 aromatic carbocycles. The molecule has 0 radical (unpaired) electrons. The van der Waals surface area contributed by atoms with Gasteiger partial charge in [-0.2, -0.15) is 0 Å². The second kappa shape index (κ2) is 4.11. The van der Waals surface area contributed by atoms with Crippen LogP contribution in [0, 0.1) is 0 Å². The molecule has 3 heteroatoms. The molecule has 2 aliphatic rings. The molecule has 0 aromatic rings. The Labute approximate surface area is 79.1 Å². The van der Waals surface area contributed by atoms with E-state index >= 15 is 0 Å². The van der Waals surface area contributed by atoms with Gasteiger partial charge in [0.15, 0.2) is 6.29 Å². The molecule has 1 fully saturated rings. The summed E-state index contributed by atoms with van der Waals surface area (Å²) < 4.78 is 11.0. The van der Waals surface area contributed by atoms with Gasteiger partial charge in [-0.1, -0.05) is 0 Å². The van der Waals surface area contributed by atoms with E-state index in [4.69, 9.17) is 9.47 Å². The Morgan fingerprint density at radius 3 is 2.77 bits per heavy atom. The topological polar surface area (TPSA) is 30.5 Å². The van der Waals surface area contributed by atoms with Crippen molar-refractivity contribution >= 4 is 0 Å². The third-order valence-corrected chi connectivity index (χ3v) is 2.55. The molecular formula is C10H17NO2. The quantitative estimate of drug-likeness (QED) is 0.666. The monoisotopic (exact) mass is 183 g/mol. The number of hydrogen-bond donors (Lipinski definition) is 1. The minimum Gasteiger partial charge on any atom is -0.388 e. The Hall–Kier alpha value is -0.540. The van der Waals surface area contributed by atoms with Crippen LogP contribution < -0.4 is 5.32 Å². The predicted molar refractivity (Wildman–Crippen MR) is 50.2 cm³/mol. The Balaban J connectivity index is 1.92. The van der Waals surface area contributed by atoms with Gasteiger partial charge in [0.25, 0.3) is 0 Å². The SMILES string of the molecule is CC1CCC(C2OCCCO2)=CN1. The molecule has 1 atom stereocenters. The zero-order valence-corrected chi connectivity index (χ0v) is 8.08. The van der Waals surface area contributed by atoms with Crippen LogP contribution in [-0.2, 0) is 9.47 Å². The van der Waals surface area contributed by atoms with Crippen molar-refractivity contribution in [3.63, 3.8) is 0 Å². The number of ether oxygens (including phenoxy) is 2. The molecule has 13 heavy (non-hydrogen) atoms. The van der Waals surface area contributed by atoms with Gasteiger partial charge >= 0.3 is 0 Å². The molecule has 1 unspecified atom stereocenters. The van der Waals surface area contributed by atoms with E-state index in [1.807, 2.05) is 0 Å². The first-order chi connectivity index (χ1) is 6.36. The van der Waals surface area contributed by atoms with E-state index in [0.717, 1.165) is 26.1 Å². The summed E-state index contributed by atoms with van der Waals surface area (Å²) in [6, 6.07) is 0.590. The average Bonchev–Trinajstić information content (AvgIpc) is 2.20. The lowest BCUT2D eigenvalue weighted by Gasteiger charge is -2.29. The van der Waals surface area contributed by atoms with Crippen LogP contribution in [0.1, 0.15) is 26.2 Å². The summed E-state index contributed by atoms with van der Waals surface area (Å²) in [7, 11) is 0. The molecule has 0 bridgehead atoms. The van der Waals surface area contributed by atoms with Gasteiger partial charge in [-0.05, 0) is 26.2 Å². The van der Waals surface area contributed by atoms with Crippen molar-refractivity contribution in [1.29, 1.82) is 0 Å². The zero-order chi connectivity index (χ0) is 9.10. The zero-order valence-electron chi connectivity index (χ0n) is 8.08. The van der Waals surface area contributed by atoms with Crippen LogP contribution in [0.5, 0.6) is 0 Å². The van der Waals surface area contributed by atoms with Crippen molar-refractivity contribution < 1.29 is 9.47 Å². The second-order valence-corrected chi connectivity index (χ2v) is 3.75. The van der Waals surface area contributed by atoms with Gasteiger partial charge in [0.2, 0.25) is 0 Å². The normalized spacial score (nSPS) is 30.8. The first-order valence-corrected chi connectivity index (χ1v) is 5.04. The maximum Gasteiger partial charge on any atom is 0.181 e. The molecule has 2 rings (SSSR count). The van der Waals surface area contributed by atoms with Gasteiger partial charge in [0.1, 0.15) is 0 Å². The first kappa shape index (κ1) is 9.03. The summed E-state index contributed by atoms with van der Waals surface area (Å²) >= 11 is 0. The van der Waals surface area contributed by atoms with Crippen LogP contribution in [0.15, 0.2) is 11.8 Å². The third kappa shape index (κ3) is 2.23. The fourth-order valence-corrected chi connectivity index (χ4v) is 1.68. The lowest BCUT2D eigenvalue weighted by molar-refractivity contribution is -0.158. The molecule has 0 aliphatic carbocycles. The van der Waals surface area contributed by atoms with Crippen LogP contribution in [0.2, 0.25) is 0 Å². The van der Waals surface area contributed by atoms with E-state index < -0.39 is 0 Å². The van der Waals surface area contributed by atoms with E-state index in [0.29, 0.717) is 6.04 Å². The fraction of sp³-hybridized carbons (Fsp3) is 0.800. The highest BCUT2D eigenvalue weighted by molar-refractivity contribution is 5.09. The second-order valence-electron chi connectivity index (χ2n) is 3.75. The Kier molecular flexibility index (Phi) is 2.86. The van der Waals surface area contributed by atoms with E-state index in [1.165, 1.54) is 12.0 Å². The summed E-state index contributed by atoms with van der Waals surface area (Å²) in [6.07, 6.45) is 5.28. The number of rotatable bonds is 1. The Morgan fingerprint density at radius 2 is 2.15 bits per heavy atom. The number of nitrogens with one attached hydrogen (secondary N) is 1. The fourth-order valence-electron chi connectivity index (χ4n) is 1.68. The molecule has 0 aromatic heterocycles. The summed E-state index contributed by atoms with van der Waals surface area (Å²) in [5.41, 5.74) is 1.26. The average molecular weight is 183 g/mol. The minimum atomic E-state index is -0.0752. The van der Waals surface area contributed by atoms with Crippen molar-refractivity contribution in [2.24, 2.45) is 0 Å². The van der Waals surface area contributed by atoms with Crippen LogP contribution in [0.25, 0.3) is 0 Å². The summed E-state index contributed by atoms with van der Waals surface area (Å²) in [4.78, 5) is 0. The highest BCUT2D eigenvalue weighted by atomic mass is 16.7. The first-order valence-electron chi connectivity index (χ1n) is 5.04. The van der Waals surface area contributed by atoms with Gasteiger partial charge in [-0.25, -0.2) is 0 Å². The Morgan fingerprint density at radius 1 is 1.38 bits per heavy atom. The number of hydrogen-bond acceptors (Lipinski definition) is 3. The van der Waals surface area contributed by atoms with Crippen LogP contribution in [0.3, 0.4) is 0 Å². The molecule has 0 amide bonds. The van der Waals surface area contributed by atoms with Crippen molar-refractivity contribution in [3.8, 4) is 0 Å². The molecule has 0 spiro atoms. The Bertz CT molecular complexity index is 197. The van der Waals surface area contributed by atoms with E-state index in [9.17, 15) is 0 Å². The van der Waals surface area contributed by atoms with Crippen molar-refractivity contribution in [2.75, 3.05) is 13.2 Å². The van der Waals surface area contributed by atoms with Crippen LogP contribution in [-0.4, -0.2) is 25.5 Å². The standard InChI is InChI=1S/C10H17NO2/c1-8-3-4-9(7-11-8)10-12-5-2-6-13-10/h7-8,10-11H,2-6H2,1H3. The van der Waals surface area contributed by atoms with E-state index in [2.05, 4.69) is 18.4 Å². The lowest BCUT2D eigenvalue weighted by Crippen LogP contribution is -2.33. The van der Waals surface area contributed by atoms with Crippen molar-refractivity contribution in [2.45, 2.75) is 38.5 Å². The van der Waals surface area contributed by atoms with Crippen molar-refractivity contribution in [3.05, 3.63) is 11.8 Å². The molecule has 3 nitrogen and oxygen atoms in total. The van der Waals surface area contributed by atoms with Gasteiger partial charge in [-0.15, -0.1) is 0 Å². The maximum absolute atomic E-state index is 5.52. The van der Waals surface area contributed by atoms with Gasteiger partial charge in [0.05, 0.1) is 13.2 Å². The smallest absolute Gasteiger partial charge is 0.181 e. The van der Waals surface area contributed by atoms with Gasteiger partial charge in [-0.3, -0.25) is 0 Å². The summed E-state index contributed by atoms with van der Waals surface area (Å²) in [6.45, 7) is 3.85. The predicted octanol–water partition coefficient (Wildman–Crippen LogP) is 1.41. The molecule has 2 aliphatic heterocycles. The van der Waals surface area contributed by atoms with Crippen molar-refractivity contribution in [1.82, 2.24) is 5.32 Å². The highest BCUT2D eigenvalue weighted by Crippen LogP contribution is 2.21. The van der Waals surface area contributed by atoms with Gasteiger partial charge in [0, 0.05) is 17.8 Å².